The monoisotopic (exact) mass is 479 g/mol. The Morgan fingerprint density at radius 3 is 1.69 bits per heavy atom. The third-order valence-corrected chi connectivity index (χ3v) is 6.90. The van der Waals surface area contributed by atoms with Crippen molar-refractivity contribution < 1.29 is 16.5 Å². The van der Waals surface area contributed by atoms with Gasteiger partial charge in [-0.2, -0.15) is 0 Å². The van der Waals surface area contributed by atoms with E-state index in [1.165, 1.54) is 7.05 Å². The van der Waals surface area contributed by atoms with E-state index >= 15 is 0 Å². The van der Waals surface area contributed by atoms with E-state index in [0.29, 0.717) is 46.9 Å². The number of rotatable bonds is 4. The lowest BCUT2D eigenvalue weighted by Crippen LogP contribution is -2.49. The van der Waals surface area contributed by atoms with Crippen molar-refractivity contribution in [1.29, 1.82) is 0 Å². The minimum Gasteiger partial charge on any atom is -0.304 e. The van der Waals surface area contributed by atoms with Crippen molar-refractivity contribution in [3.63, 3.8) is 0 Å². The van der Waals surface area contributed by atoms with Gasteiger partial charge in [0.15, 0.2) is 11.6 Å². The molecule has 2 aliphatic carbocycles. The number of likely N-dealkylation sites (N-methyl/N-ethyl adjacent to an activating group) is 2. The molecule has 2 unspecified atom stereocenters. The first-order valence-corrected chi connectivity index (χ1v) is 11.5. The van der Waals surface area contributed by atoms with Crippen LogP contribution in [0.2, 0.25) is 11.5 Å². The van der Waals surface area contributed by atoms with Crippen LogP contribution < -0.4 is 10.6 Å². The fourth-order valence-electron chi connectivity index (χ4n) is 4.45. The van der Waals surface area contributed by atoms with E-state index in [1.54, 1.807) is 49.5 Å². The molecule has 6 heteroatoms. The predicted molar refractivity (Wildman–Crippen MR) is 131 cm³/mol. The van der Waals surface area contributed by atoms with E-state index < -0.39 is 35.4 Å². The van der Waals surface area contributed by atoms with Crippen LogP contribution in [-0.2, 0) is 20.7 Å². The van der Waals surface area contributed by atoms with Crippen LogP contribution in [0.4, 0.5) is 0 Å². The number of hydrogen-bond donors (Lipinski definition) is 2. The van der Waals surface area contributed by atoms with Crippen LogP contribution in [0.15, 0.2) is 48.5 Å². The highest BCUT2D eigenvalue weighted by molar-refractivity contribution is 6.32. The van der Waals surface area contributed by atoms with Crippen molar-refractivity contribution in [3.05, 3.63) is 69.7 Å². The molecule has 0 aromatic heterocycles. The lowest BCUT2D eigenvalue weighted by atomic mass is 9.75. The van der Waals surface area contributed by atoms with E-state index in [9.17, 15) is 9.59 Å². The Labute approximate surface area is 208 Å². The second kappa shape index (κ2) is 10.9. The molecule has 2 atom stereocenters. The Balaban J connectivity index is 0.000000206. The zero-order chi connectivity index (χ0) is 27.6. The molecule has 2 aromatic carbocycles. The third kappa shape index (κ3) is 4.79. The van der Waals surface area contributed by atoms with Crippen molar-refractivity contribution >= 4 is 34.8 Å². The summed E-state index contributed by atoms with van der Waals surface area (Å²) in [4.78, 5) is 25.0. The normalized spacial score (nSPS) is 31.3. The molecule has 2 N–H and O–H groups in total. The number of carbonyl (C=O) groups is 2. The number of hydrogen-bond acceptors (Lipinski definition) is 4. The van der Waals surface area contributed by atoms with Gasteiger partial charge in [0, 0.05) is 28.3 Å². The van der Waals surface area contributed by atoms with Gasteiger partial charge in [-0.25, -0.2) is 0 Å². The number of ketones is 2. The van der Waals surface area contributed by atoms with Crippen LogP contribution in [0, 0.1) is 0 Å². The van der Waals surface area contributed by atoms with Gasteiger partial charge in [0.05, 0.1) is 0 Å². The minimum atomic E-state index is -1.91. The smallest absolute Gasteiger partial charge is 0.157 e. The van der Waals surface area contributed by atoms with Crippen LogP contribution in [0.3, 0.4) is 0 Å². The molecule has 4 nitrogen and oxygen atoms in total. The Morgan fingerprint density at radius 1 is 0.781 bits per heavy atom. The summed E-state index contributed by atoms with van der Waals surface area (Å²) < 4.78 is 39.4. The van der Waals surface area contributed by atoms with Gasteiger partial charge >= 0.3 is 0 Å². The number of Topliss-reactive ketones (excluding diaryl/α,β-unsaturated/α-hetero) is 2. The van der Waals surface area contributed by atoms with Gasteiger partial charge in [-0.05, 0) is 63.0 Å². The van der Waals surface area contributed by atoms with E-state index in [-0.39, 0.29) is 12.8 Å². The van der Waals surface area contributed by atoms with Gasteiger partial charge in [0.2, 0.25) is 0 Å². The second-order valence-corrected chi connectivity index (χ2v) is 8.73. The molecule has 0 aliphatic heterocycles. The molecule has 2 fully saturated rings. The summed E-state index contributed by atoms with van der Waals surface area (Å²) in [6.45, 7) is 0. The Bertz CT molecular complexity index is 1160. The predicted octanol–water partition coefficient (Wildman–Crippen LogP) is 5.80. The summed E-state index contributed by atoms with van der Waals surface area (Å²) in [7, 11) is 3.16. The minimum absolute atomic E-state index is 0.200. The first-order chi connectivity index (χ1) is 17.3. The van der Waals surface area contributed by atoms with Crippen LogP contribution >= 0.6 is 23.2 Å². The first-order valence-electron chi connectivity index (χ1n) is 13.2. The van der Waals surface area contributed by atoms with E-state index in [2.05, 4.69) is 5.32 Å². The Kier molecular flexibility index (Phi) is 6.38. The highest BCUT2D eigenvalue weighted by Crippen LogP contribution is 2.38. The van der Waals surface area contributed by atoms with Crippen molar-refractivity contribution in [2.45, 2.75) is 62.3 Å². The van der Waals surface area contributed by atoms with Crippen LogP contribution in [0.1, 0.15) is 67.9 Å². The molecular formula is C26H32Cl2N2O2. The largest absolute Gasteiger partial charge is 0.304 e. The van der Waals surface area contributed by atoms with Gasteiger partial charge in [0.25, 0.3) is 0 Å². The zero-order valence-corrected chi connectivity index (χ0v) is 19.9. The van der Waals surface area contributed by atoms with Crippen molar-refractivity contribution in [3.8, 4) is 0 Å². The number of benzene rings is 2. The van der Waals surface area contributed by atoms with Crippen molar-refractivity contribution in [1.82, 2.24) is 10.6 Å². The van der Waals surface area contributed by atoms with Gasteiger partial charge in [-0.15, -0.1) is 0 Å². The average molecular weight is 480 g/mol. The molecule has 4 rings (SSSR count). The van der Waals surface area contributed by atoms with Crippen LogP contribution in [0.25, 0.3) is 0 Å². The second-order valence-electron chi connectivity index (χ2n) is 7.92. The number of carbonyl (C=O) groups excluding carboxylic acids is 2. The highest BCUT2D eigenvalue weighted by Gasteiger charge is 2.42. The maximum Gasteiger partial charge on any atom is 0.157 e. The van der Waals surface area contributed by atoms with Gasteiger partial charge in [-0.3, -0.25) is 9.59 Å². The molecule has 0 heterocycles. The van der Waals surface area contributed by atoms with E-state index in [4.69, 9.17) is 30.1 Å². The summed E-state index contributed by atoms with van der Waals surface area (Å²) in [5.74, 6) is -0.992. The highest BCUT2D eigenvalue weighted by atomic mass is 35.5. The molecular weight excluding hydrogens is 443 g/mol. The fourth-order valence-corrected chi connectivity index (χ4v) is 5.04. The molecule has 0 amide bonds. The SMILES string of the molecule is [2H]C1([2H])CCCC(NC)(c2ccccc2Cl)C1=O.[2H]N(C)C1(c2ccccc2Cl)CCCC([2H])([2H])C1=O. The maximum absolute atomic E-state index is 12.6. The molecule has 0 saturated heterocycles. The average Bonchev–Trinajstić information content (AvgIpc) is 2.84. The summed E-state index contributed by atoms with van der Waals surface area (Å²) in [5, 5.41) is 4.95. The molecule has 2 saturated carbocycles. The summed E-state index contributed by atoms with van der Waals surface area (Å²) >= 11 is 12.3. The molecule has 172 valence electrons. The van der Waals surface area contributed by atoms with Crippen LogP contribution in [-0.4, -0.2) is 25.7 Å². The Hall–Kier alpha value is -1.72. The quantitative estimate of drug-likeness (QED) is 0.581. The molecule has 2 aliphatic rings. The van der Waals surface area contributed by atoms with Crippen LogP contribution in [0.5, 0.6) is 0 Å². The van der Waals surface area contributed by atoms with Crippen molar-refractivity contribution in [2.24, 2.45) is 0 Å². The van der Waals surface area contributed by atoms with E-state index in [0.717, 1.165) is 5.31 Å². The van der Waals surface area contributed by atoms with Crippen molar-refractivity contribution in [2.75, 3.05) is 14.1 Å². The number of halogens is 2. The lowest BCUT2D eigenvalue weighted by Gasteiger charge is -2.36. The third-order valence-electron chi connectivity index (χ3n) is 6.24. The molecule has 0 bridgehead atoms. The van der Waals surface area contributed by atoms with Gasteiger partial charge < -0.3 is 10.6 Å². The zero-order valence-electron chi connectivity index (χ0n) is 23.4. The molecule has 32 heavy (non-hydrogen) atoms. The standard InChI is InChI=1S/2C13H16ClNO/c2*1-15-13(9-5-4-8-12(13)16)10-6-2-3-7-11(10)14/h2*2-3,6-7,15H,4-5,8-9H2,1H3/i2*8D2/hD. The van der Waals surface area contributed by atoms with Gasteiger partial charge in [0.1, 0.15) is 12.5 Å². The molecule has 0 radical (unpaired) electrons. The summed E-state index contributed by atoms with van der Waals surface area (Å²) in [5.41, 5.74) is -1.11. The molecule has 0 spiro atoms. The maximum atomic E-state index is 12.6. The van der Waals surface area contributed by atoms with Gasteiger partial charge in [-0.1, -0.05) is 72.4 Å². The fraction of sp³-hybridized carbons (Fsp3) is 0.462. The summed E-state index contributed by atoms with van der Waals surface area (Å²) in [6.07, 6.45) is -1.03. The number of nitrogens with one attached hydrogen (secondary N) is 2. The van der Waals surface area contributed by atoms with E-state index in [1.807, 2.05) is 6.07 Å². The Morgan fingerprint density at radius 2 is 1.22 bits per heavy atom. The lowest BCUT2D eigenvalue weighted by molar-refractivity contribution is -0.128. The first kappa shape index (κ1) is 18.7. The summed E-state index contributed by atoms with van der Waals surface area (Å²) in [6, 6.07) is 14.0. The topological polar surface area (TPSA) is 58.2 Å². The molecule has 2 aromatic rings.